The molecule has 18 N–H and O–H groups in total. The van der Waals surface area contributed by atoms with Gasteiger partial charge in [-0.25, -0.2) is 4.98 Å². The molecule has 27 heteroatoms. The summed E-state index contributed by atoms with van der Waals surface area (Å²) in [4.78, 5) is 136. The molecule has 2 aromatic heterocycles. The highest BCUT2D eigenvalue weighted by Crippen LogP contribution is 2.19. The summed E-state index contributed by atoms with van der Waals surface area (Å²) in [6, 6.07) is 2.73. The van der Waals surface area contributed by atoms with E-state index >= 15 is 0 Å². The highest BCUT2D eigenvalue weighted by Gasteiger charge is 2.36. The third kappa shape index (κ3) is 22.2. The topological polar surface area (TPSA) is 419 Å². The van der Waals surface area contributed by atoms with Crippen molar-refractivity contribution >= 4 is 94.4 Å². The van der Waals surface area contributed by atoms with Gasteiger partial charge in [0, 0.05) is 60.6 Å². The van der Waals surface area contributed by atoms with Gasteiger partial charge in [-0.3, -0.25) is 48.1 Å². The third-order valence-corrected chi connectivity index (χ3v) is 13.1. The molecule has 0 bridgehead atoms. The Labute approximate surface area is 451 Å². The lowest BCUT2D eigenvalue weighted by molar-refractivity contribution is -0.141. The van der Waals surface area contributed by atoms with Crippen LogP contribution in [0.4, 0.5) is 0 Å². The van der Waals surface area contributed by atoms with E-state index in [-0.39, 0.29) is 75.5 Å². The number of hydrogen-bond acceptors (Lipinski definition) is 15. The number of amides is 7. The third-order valence-electron chi connectivity index (χ3n) is 12.1. The summed E-state index contributed by atoms with van der Waals surface area (Å²) in [5, 5.41) is 29.0. The fourth-order valence-electron chi connectivity index (χ4n) is 7.99. The lowest BCUT2D eigenvalue weighted by Crippen LogP contribution is -2.59. The number of aliphatic imine (C=N–C) groups is 1. The largest absolute Gasteiger partial charge is 0.481 e. The van der Waals surface area contributed by atoms with Gasteiger partial charge < -0.3 is 75.2 Å². The Morgan fingerprint density at radius 1 is 0.737 bits per heavy atom. The Hall–Kier alpha value is -6.71. The number of rotatable bonds is 36. The number of carbonyl (C=O) groups is 9. The van der Waals surface area contributed by atoms with Crippen molar-refractivity contribution in [2.45, 2.75) is 128 Å². The molecule has 2 heterocycles. The van der Waals surface area contributed by atoms with E-state index in [1.807, 2.05) is 30.5 Å². The van der Waals surface area contributed by atoms with E-state index < -0.39 is 108 Å². The number of nitrogens with two attached hydrogens (primary N) is 4. The zero-order valence-electron chi connectivity index (χ0n) is 43.5. The first-order valence-electron chi connectivity index (χ1n) is 25.2. The number of carboxylic acid groups (broad SMARTS) is 1. The van der Waals surface area contributed by atoms with Gasteiger partial charge in [-0.15, -0.1) is 0 Å². The van der Waals surface area contributed by atoms with E-state index in [2.05, 4.69) is 69.8 Å². The molecule has 0 aliphatic heterocycles. The predicted molar refractivity (Wildman–Crippen MR) is 292 cm³/mol. The molecular formula is C49H77N15O10S2. The first-order chi connectivity index (χ1) is 36.2. The Kier molecular flexibility index (Phi) is 27.9. The molecule has 25 nitrogen and oxygen atoms in total. The maximum Gasteiger partial charge on any atom is 0.303 e. The molecule has 7 amide bonds. The van der Waals surface area contributed by atoms with Crippen molar-refractivity contribution in [1.29, 1.82) is 0 Å². The molecule has 0 aliphatic carbocycles. The summed E-state index contributed by atoms with van der Waals surface area (Å²) in [5.74, 6) is -10.5. The van der Waals surface area contributed by atoms with Crippen LogP contribution in [0.3, 0.4) is 0 Å². The van der Waals surface area contributed by atoms with E-state index in [9.17, 15) is 48.3 Å². The molecule has 0 spiro atoms. The number of benzene rings is 1. The number of aromatic nitrogens is 3. The van der Waals surface area contributed by atoms with Gasteiger partial charge in [0.2, 0.25) is 41.4 Å². The minimum Gasteiger partial charge on any atom is -0.481 e. The van der Waals surface area contributed by atoms with Crippen molar-refractivity contribution in [3.05, 3.63) is 54.2 Å². The second kappa shape index (κ2) is 33.3. The molecule has 0 radical (unpaired) electrons. The van der Waals surface area contributed by atoms with Crippen LogP contribution < -0.4 is 60.2 Å². The fourth-order valence-corrected chi connectivity index (χ4v) is 8.81. The maximum atomic E-state index is 14.4. The summed E-state index contributed by atoms with van der Waals surface area (Å²) in [6.07, 6.45) is 4.90. The number of imidazole rings is 1. The average Bonchev–Trinajstić information content (AvgIpc) is 4.04. The van der Waals surface area contributed by atoms with Crippen molar-refractivity contribution in [1.82, 2.24) is 52.2 Å². The molecule has 420 valence electrons. The molecule has 3 aromatic rings. The number of carbonyl (C=O) groups excluding carboxylic acids is 8. The van der Waals surface area contributed by atoms with Crippen molar-refractivity contribution in [3.63, 3.8) is 0 Å². The quantitative estimate of drug-likeness (QED) is 0.00844. The molecule has 0 saturated heterocycles. The molecule has 8 atom stereocenters. The Balaban J connectivity index is 1.90. The van der Waals surface area contributed by atoms with Gasteiger partial charge >= 0.3 is 5.97 Å². The molecular weight excluding hydrogens is 1020 g/mol. The standard InChI is InChI=1S/C49H77N15O10S2/c1-27(2)20-32(42(68)59-36(14-15-41(66)67)46(72)61-38(25-75)28(3)65)45(71)63-40(13-9-18-55-49(52)53)64-48(74)37(16-19-76-4)60-44(70)33(22-30-24-54-26-57-30)43(69)58-35(12-7-8-17-50)47(73)62-39(51)21-29-23-56-34-11-6-5-10-31(29)34/h5-6,10-11,23-24,26-27,32-33,35-40,56,75H,7-9,12-22,25,50-51H2,1-4H3,(H,54,57)(H,58,69)(H,59,68)(H,60,70)(H,61,72)(H,62,73)(H,63,71)(H,64,74)(H,66,67)(H4,52,53,55). The van der Waals surface area contributed by atoms with Crippen LogP contribution in [-0.4, -0.2) is 146 Å². The first kappa shape index (κ1) is 63.6. The number of thiol groups is 1. The Bertz CT molecular complexity index is 2420. The predicted octanol–water partition coefficient (Wildman–Crippen LogP) is -0.827. The molecule has 0 fully saturated rings. The smallest absolute Gasteiger partial charge is 0.303 e. The number of thioether (sulfide) groups is 1. The molecule has 0 saturated carbocycles. The van der Waals surface area contributed by atoms with Gasteiger partial charge in [-0.2, -0.15) is 24.4 Å². The molecule has 1 aromatic carbocycles. The van der Waals surface area contributed by atoms with E-state index in [1.165, 1.54) is 31.2 Å². The van der Waals surface area contributed by atoms with E-state index in [4.69, 9.17) is 22.9 Å². The number of fused-ring (bicyclic) bond motifs is 1. The molecule has 0 aliphatic rings. The van der Waals surface area contributed by atoms with Crippen LogP contribution in [0.5, 0.6) is 0 Å². The monoisotopic (exact) mass is 1100 g/mol. The average molecular weight is 1100 g/mol. The number of aliphatic carboxylic acids is 1. The summed E-state index contributed by atoms with van der Waals surface area (Å²) >= 11 is 5.47. The summed E-state index contributed by atoms with van der Waals surface area (Å²) in [5.41, 5.74) is 25.5. The number of unbranched alkanes of at least 4 members (excludes halogenated alkanes) is 1. The first-order valence-corrected chi connectivity index (χ1v) is 27.2. The zero-order chi connectivity index (χ0) is 56.3. The number of Topliss-reactive ketones (excluding diaryl/α,β-unsaturated/α-hetero) is 1. The zero-order valence-corrected chi connectivity index (χ0v) is 45.2. The molecule has 8 unspecified atom stereocenters. The lowest BCUT2D eigenvalue weighted by atomic mass is 9.94. The number of ketones is 1. The van der Waals surface area contributed by atoms with Crippen molar-refractivity contribution in [2.24, 2.45) is 45.7 Å². The molecule has 3 rings (SSSR count). The summed E-state index contributed by atoms with van der Waals surface area (Å²) < 4.78 is 0. The van der Waals surface area contributed by atoms with Crippen LogP contribution in [0, 0.1) is 17.8 Å². The SMILES string of the molecule is CSCCC(NC(=O)C(Cc1cnc[nH]1)C(=O)NC(CCCCN)C(=O)NC(N)Cc1c[nH]c2ccccc12)C(=O)NC(CCCN=C(N)N)NC(=O)C(CC(C)C)C(=O)NC(CCC(=O)O)C(=O)NC(CS)C(C)=O. The van der Waals surface area contributed by atoms with E-state index in [0.29, 0.717) is 30.8 Å². The van der Waals surface area contributed by atoms with Gasteiger partial charge in [0.1, 0.15) is 36.1 Å². The number of para-hydroxylation sites is 1. The maximum absolute atomic E-state index is 14.4. The highest BCUT2D eigenvalue weighted by molar-refractivity contribution is 7.98. The number of guanidine groups is 1. The van der Waals surface area contributed by atoms with Crippen LogP contribution in [0.2, 0.25) is 0 Å². The Morgan fingerprint density at radius 2 is 1.33 bits per heavy atom. The minimum atomic E-state index is -1.51. The number of hydrogen-bond donors (Lipinski definition) is 15. The second-order valence-corrected chi connectivity index (χ2v) is 20.1. The van der Waals surface area contributed by atoms with Gasteiger partial charge in [-0.05, 0) is 94.4 Å². The van der Waals surface area contributed by atoms with Crippen molar-refractivity contribution < 1.29 is 48.3 Å². The van der Waals surface area contributed by atoms with E-state index in [1.54, 1.807) is 20.1 Å². The van der Waals surface area contributed by atoms with Crippen LogP contribution in [0.15, 0.2) is 48.0 Å². The van der Waals surface area contributed by atoms with Gasteiger partial charge in [0.05, 0.1) is 18.5 Å². The van der Waals surface area contributed by atoms with Gasteiger partial charge in [0.15, 0.2) is 11.7 Å². The van der Waals surface area contributed by atoms with Gasteiger partial charge in [-0.1, -0.05) is 32.0 Å². The normalized spacial score (nSPS) is 14.4. The Morgan fingerprint density at radius 3 is 1.92 bits per heavy atom. The lowest BCUT2D eigenvalue weighted by Gasteiger charge is -2.28. The van der Waals surface area contributed by atoms with Crippen LogP contribution in [0.1, 0.15) is 89.8 Å². The highest BCUT2D eigenvalue weighted by atomic mass is 32.2. The van der Waals surface area contributed by atoms with Crippen LogP contribution in [-0.2, 0) is 56.0 Å². The van der Waals surface area contributed by atoms with Crippen molar-refractivity contribution in [2.75, 3.05) is 30.9 Å². The van der Waals surface area contributed by atoms with Gasteiger partial charge in [0.25, 0.3) is 0 Å². The second-order valence-electron chi connectivity index (χ2n) is 18.7. The van der Waals surface area contributed by atoms with E-state index in [0.717, 1.165) is 16.5 Å². The summed E-state index contributed by atoms with van der Waals surface area (Å²) in [7, 11) is 0. The van der Waals surface area contributed by atoms with Crippen LogP contribution in [0.25, 0.3) is 10.9 Å². The summed E-state index contributed by atoms with van der Waals surface area (Å²) in [6.45, 7) is 5.14. The minimum absolute atomic E-state index is 0.0111. The number of aromatic amines is 2. The number of carboxylic acids is 1. The number of nitrogens with one attached hydrogen (secondary N) is 9. The van der Waals surface area contributed by atoms with Crippen molar-refractivity contribution in [3.8, 4) is 0 Å². The van der Waals surface area contributed by atoms with Crippen LogP contribution >= 0.6 is 24.4 Å². The number of nitrogens with zero attached hydrogens (tertiary/aromatic N) is 2. The number of H-pyrrole nitrogens is 2. The molecule has 76 heavy (non-hydrogen) atoms. The fraction of sp³-hybridized carbons (Fsp3) is 0.571.